The molecule has 1 fully saturated rings. The molecule has 2 atom stereocenters. The number of benzene rings is 2. The number of carbonyl (C=O) groups excluding carboxylic acids is 2. The molecule has 1 saturated heterocycles. The van der Waals surface area contributed by atoms with Gasteiger partial charge in [-0.3, -0.25) is 14.9 Å². The van der Waals surface area contributed by atoms with Crippen molar-refractivity contribution >= 4 is 45.2 Å². The minimum atomic E-state index is -0.365. The molecular weight excluding hydrogens is 433 g/mol. The predicted molar refractivity (Wildman–Crippen MR) is 109 cm³/mol. The molecular formula is C19H19BrFN3O2S. The average molecular weight is 452 g/mol. The molecule has 2 aromatic rings. The van der Waals surface area contributed by atoms with Gasteiger partial charge in [-0.05, 0) is 35.9 Å². The van der Waals surface area contributed by atoms with Crippen LogP contribution in [0.15, 0.2) is 53.0 Å². The van der Waals surface area contributed by atoms with Crippen LogP contribution in [-0.4, -0.2) is 23.4 Å². The summed E-state index contributed by atoms with van der Waals surface area (Å²) in [7, 11) is 0. The van der Waals surface area contributed by atoms with Crippen LogP contribution in [0.2, 0.25) is 0 Å². The summed E-state index contributed by atoms with van der Waals surface area (Å²) in [6.45, 7) is 0. The molecule has 142 valence electrons. The van der Waals surface area contributed by atoms with Crippen molar-refractivity contribution in [2.75, 3.05) is 5.32 Å². The van der Waals surface area contributed by atoms with Gasteiger partial charge in [0, 0.05) is 34.8 Å². The van der Waals surface area contributed by atoms with Gasteiger partial charge in [-0.25, -0.2) is 4.39 Å². The van der Waals surface area contributed by atoms with E-state index in [1.54, 1.807) is 30.3 Å². The van der Waals surface area contributed by atoms with Gasteiger partial charge in [-0.2, -0.15) is 0 Å². The van der Waals surface area contributed by atoms with E-state index in [1.807, 2.05) is 12.1 Å². The Hall–Kier alpha value is -1.90. The quantitative estimate of drug-likeness (QED) is 0.627. The summed E-state index contributed by atoms with van der Waals surface area (Å²) in [5.41, 5.74) is 0.916. The van der Waals surface area contributed by atoms with Crippen molar-refractivity contribution in [2.45, 2.75) is 30.1 Å². The fourth-order valence-corrected chi connectivity index (χ4v) is 4.07. The number of hydrogen-bond acceptors (Lipinski definition) is 4. The molecule has 0 aromatic heterocycles. The molecule has 27 heavy (non-hydrogen) atoms. The second-order valence-electron chi connectivity index (χ2n) is 6.18. The molecule has 0 bridgehead atoms. The summed E-state index contributed by atoms with van der Waals surface area (Å²) in [5, 5.41) is 8.88. The zero-order valence-corrected chi connectivity index (χ0v) is 16.8. The molecule has 8 heteroatoms. The highest BCUT2D eigenvalue weighted by molar-refractivity contribution is 9.10. The van der Waals surface area contributed by atoms with E-state index in [2.05, 4.69) is 31.9 Å². The van der Waals surface area contributed by atoms with E-state index in [-0.39, 0.29) is 42.0 Å². The molecule has 1 aliphatic heterocycles. The Labute approximate surface area is 169 Å². The van der Waals surface area contributed by atoms with Gasteiger partial charge >= 0.3 is 0 Å². The Morgan fingerprint density at radius 2 is 1.96 bits per heavy atom. The topological polar surface area (TPSA) is 70.2 Å². The minimum Gasteiger partial charge on any atom is -0.332 e. The van der Waals surface area contributed by atoms with E-state index in [0.29, 0.717) is 17.0 Å². The first-order valence-electron chi connectivity index (χ1n) is 8.45. The lowest BCUT2D eigenvalue weighted by Crippen LogP contribution is -2.55. The number of carbonyl (C=O) groups is 2. The van der Waals surface area contributed by atoms with E-state index in [9.17, 15) is 14.0 Å². The summed E-state index contributed by atoms with van der Waals surface area (Å²) >= 11 is 4.73. The highest BCUT2D eigenvalue weighted by Gasteiger charge is 2.27. The molecule has 0 radical (unpaired) electrons. The molecule has 2 unspecified atom stereocenters. The van der Waals surface area contributed by atoms with Crippen molar-refractivity contribution < 1.29 is 14.0 Å². The molecule has 3 rings (SSSR count). The summed E-state index contributed by atoms with van der Waals surface area (Å²) in [4.78, 5) is 24.2. The molecule has 2 aromatic carbocycles. The van der Waals surface area contributed by atoms with Crippen LogP contribution in [0, 0.1) is 5.82 Å². The van der Waals surface area contributed by atoms with Crippen molar-refractivity contribution in [2.24, 2.45) is 0 Å². The lowest BCUT2D eigenvalue weighted by molar-refractivity contribution is -0.124. The second kappa shape index (κ2) is 9.34. The number of rotatable bonds is 6. The first-order chi connectivity index (χ1) is 13.0. The van der Waals surface area contributed by atoms with Crippen molar-refractivity contribution in [1.29, 1.82) is 0 Å². The fraction of sp³-hybridized carbons (Fsp3) is 0.263. The normalized spacial score (nSPS) is 19.4. The molecule has 1 heterocycles. The number of amides is 2. The summed E-state index contributed by atoms with van der Waals surface area (Å²) in [6, 6.07) is 13.6. The molecule has 0 aliphatic carbocycles. The maximum Gasteiger partial charge on any atom is 0.225 e. The second-order valence-corrected chi connectivity index (χ2v) is 8.19. The minimum absolute atomic E-state index is 0.124. The van der Waals surface area contributed by atoms with Crippen LogP contribution in [0.25, 0.3) is 0 Å². The standard InChI is InChI=1S/C19H19BrFN3O2S/c20-13-5-7-14(8-6-13)22-17(25)9-15-10-18(26)24-19(23-15)27-11-12-3-1-2-4-16(12)21/h1-8,15,19,23H,9-11H2,(H,22,25)(H,24,26). The zero-order chi connectivity index (χ0) is 19.2. The highest BCUT2D eigenvalue weighted by atomic mass is 79.9. The van der Waals surface area contributed by atoms with Crippen LogP contribution in [0.1, 0.15) is 18.4 Å². The van der Waals surface area contributed by atoms with Gasteiger partial charge in [0.15, 0.2) is 0 Å². The third-order valence-electron chi connectivity index (χ3n) is 4.03. The van der Waals surface area contributed by atoms with Crippen molar-refractivity contribution in [1.82, 2.24) is 10.6 Å². The Morgan fingerprint density at radius 1 is 1.22 bits per heavy atom. The fourth-order valence-electron chi connectivity index (χ4n) is 2.72. The van der Waals surface area contributed by atoms with Gasteiger partial charge < -0.3 is 10.6 Å². The van der Waals surface area contributed by atoms with Crippen LogP contribution in [0.4, 0.5) is 10.1 Å². The zero-order valence-electron chi connectivity index (χ0n) is 14.4. The SMILES string of the molecule is O=C(CC1CC(=O)NC(SCc2ccccc2F)N1)Nc1ccc(Br)cc1. The van der Waals surface area contributed by atoms with Gasteiger partial charge in [-0.1, -0.05) is 34.1 Å². The number of thioether (sulfide) groups is 1. The largest absolute Gasteiger partial charge is 0.332 e. The monoisotopic (exact) mass is 451 g/mol. The maximum absolute atomic E-state index is 13.7. The van der Waals surface area contributed by atoms with E-state index in [0.717, 1.165) is 4.47 Å². The van der Waals surface area contributed by atoms with E-state index < -0.39 is 0 Å². The van der Waals surface area contributed by atoms with Crippen molar-refractivity contribution in [3.05, 3.63) is 64.4 Å². The smallest absolute Gasteiger partial charge is 0.225 e. The van der Waals surface area contributed by atoms with Crippen LogP contribution in [0.5, 0.6) is 0 Å². The van der Waals surface area contributed by atoms with Crippen LogP contribution >= 0.6 is 27.7 Å². The Morgan fingerprint density at radius 3 is 2.70 bits per heavy atom. The number of anilines is 1. The predicted octanol–water partition coefficient (Wildman–Crippen LogP) is 3.61. The Bertz CT molecular complexity index is 819. The summed E-state index contributed by atoms with van der Waals surface area (Å²) in [6.07, 6.45) is 0.407. The van der Waals surface area contributed by atoms with Gasteiger partial charge in [0.1, 0.15) is 11.3 Å². The van der Waals surface area contributed by atoms with E-state index >= 15 is 0 Å². The van der Waals surface area contributed by atoms with Crippen LogP contribution in [0.3, 0.4) is 0 Å². The van der Waals surface area contributed by atoms with Gasteiger partial charge in [0.25, 0.3) is 0 Å². The van der Waals surface area contributed by atoms with E-state index in [4.69, 9.17) is 0 Å². The van der Waals surface area contributed by atoms with Crippen LogP contribution in [-0.2, 0) is 15.3 Å². The first kappa shape index (κ1) is 19.9. The molecule has 0 saturated carbocycles. The molecule has 5 nitrogen and oxygen atoms in total. The number of hydrogen-bond donors (Lipinski definition) is 3. The summed E-state index contributed by atoms with van der Waals surface area (Å²) < 4.78 is 14.7. The van der Waals surface area contributed by atoms with Gasteiger partial charge in [0.05, 0.1) is 0 Å². The molecule has 2 amide bonds. The lowest BCUT2D eigenvalue weighted by atomic mass is 10.1. The van der Waals surface area contributed by atoms with Crippen molar-refractivity contribution in [3.63, 3.8) is 0 Å². The molecule has 1 aliphatic rings. The Kier molecular flexibility index (Phi) is 6.87. The van der Waals surface area contributed by atoms with Gasteiger partial charge in [-0.15, -0.1) is 11.8 Å². The van der Waals surface area contributed by atoms with Gasteiger partial charge in [0.2, 0.25) is 11.8 Å². The van der Waals surface area contributed by atoms with Crippen LogP contribution < -0.4 is 16.0 Å². The highest BCUT2D eigenvalue weighted by Crippen LogP contribution is 2.21. The van der Waals surface area contributed by atoms with Crippen molar-refractivity contribution in [3.8, 4) is 0 Å². The number of halogens is 2. The molecule has 0 spiro atoms. The van der Waals surface area contributed by atoms with E-state index in [1.165, 1.54) is 17.8 Å². The number of nitrogens with one attached hydrogen (secondary N) is 3. The lowest BCUT2D eigenvalue weighted by Gasteiger charge is -2.31. The summed E-state index contributed by atoms with van der Waals surface area (Å²) in [5.74, 6) is -0.135. The maximum atomic E-state index is 13.7. The Balaban J connectivity index is 1.52. The first-order valence-corrected chi connectivity index (χ1v) is 10.3. The average Bonchev–Trinajstić information content (AvgIpc) is 2.62. The third-order valence-corrected chi connectivity index (χ3v) is 5.63. The third kappa shape index (κ3) is 6.05. The molecule has 3 N–H and O–H groups in total.